The molecule has 1 unspecified atom stereocenters. The number of hydrogen-bond donors (Lipinski definition) is 0. The second-order valence-corrected chi connectivity index (χ2v) is 8.02. The zero-order chi connectivity index (χ0) is 17.6. The van der Waals surface area contributed by atoms with Gasteiger partial charge in [-0.25, -0.2) is 0 Å². The number of nitrogens with zero attached hydrogens (tertiary/aromatic N) is 1. The van der Waals surface area contributed by atoms with Gasteiger partial charge in [0.05, 0.1) is 0 Å². The van der Waals surface area contributed by atoms with Crippen LogP contribution in [0.15, 0.2) is 72.8 Å². The summed E-state index contributed by atoms with van der Waals surface area (Å²) < 4.78 is 0. The van der Waals surface area contributed by atoms with Crippen LogP contribution in [0.3, 0.4) is 0 Å². The molecule has 0 amide bonds. The van der Waals surface area contributed by atoms with E-state index < -0.39 is 0 Å². The van der Waals surface area contributed by atoms with Crippen LogP contribution in [-0.4, -0.2) is 18.0 Å². The van der Waals surface area contributed by atoms with Crippen molar-refractivity contribution in [2.75, 3.05) is 13.1 Å². The first-order chi connectivity index (χ1) is 12.7. The normalized spacial score (nSPS) is 21.6. The minimum atomic E-state index is 0.159. The predicted molar refractivity (Wildman–Crippen MR) is 108 cm³/mol. The van der Waals surface area contributed by atoms with Crippen LogP contribution in [0.1, 0.15) is 39.8 Å². The van der Waals surface area contributed by atoms with Crippen molar-refractivity contribution in [1.29, 1.82) is 0 Å². The number of hydrogen-bond acceptors (Lipinski definition) is 1. The Morgan fingerprint density at radius 2 is 1.62 bits per heavy atom. The van der Waals surface area contributed by atoms with Crippen molar-refractivity contribution >= 4 is 0 Å². The Hall–Kier alpha value is -2.38. The van der Waals surface area contributed by atoms with Crippen LogP contribution in [0.2, 0.25) is 0 Å². The van der Waals surface area contributed by atoms with Gasteiger partial charge in [0.2, 0.25) is 0 Å². The van der Waals surface area contributed by atoms with E-state index in [0.717, 1.165) is 26.1 Å². The third kappa shape index (κ3) is 2.50. The van der Waals surface area contributed by atoms with Gasteiger partial charge in [0, 0.05) is 18.5 Å². The highest BCUT2D eigenvalue weighted by atomic mass is 15.2. The molecule has 1 aliphatic heterocycles. The zero-order valence-electron chi connectivity index (χ0n) is 15.4. The fraction of sp³-hybridized carbons (Fsp3) is 0.280. The minimum absolute atomic E-state index is 0.159. The molecular weight excluding hydrogens is 314 g/mol. The van der Waals surface area contributed by atoms with Crippen LogP contribution in [0.25, 0.3) is 0 Å². The summed E-state index contributed by atoms with van der Waals surface area (Å²) in [6, 6.07) is 27.1. The van der Waals surface area contributed by atoms with Crippen molar-refractivity contribution in [1.82, 2.24) is 4.90 Å². The first-order valence-corrected chi connectivity index (χ1v) is 9.69. The summed E-state index contributed by atoms with van der Waals surface area (Å²) in [4.78, 5) is 2.64. The number of fused-ring (bicyclic) bond motifs is 4. The van der Waals surface area contributed by atoms with Crippen molar-refractivity contribution in [3.05, 3.63) is 106 Å². The molecule has 0 bridgehead atoms. The molecule has 5 rings (SSSR count). The number of rotatable bonds is 2. The summed E-state index contributed by atoms with van der Waals surface area (Å²) in [5.41, 5.74) is 9.13. The Labute approximate surface area is 156 Å². The van der Waals surface area contributed by atoms with Crippen LogP contribution in [0.5, 0.6) is 0 Å². The van der Waals surface area contributed by atoms with E-state index in [-0.39, 0.29) is 5.41 Å². The first-order valence-electron chi connectivity index (χ1n) is 9.69. The van der Waals surface area contributed by atoms with Gasteiger partial charge in [-0.3, -0.25) is 4.90 Å². The second kappa shape index (κ2) is 6.10. The zero-order valence-corrected chi connectivity index (χ0v) is 15.4. The highest BCUT2D eigenvalue weighted by molar-refractivity contribution is 5.55. The molecule has 1 heteroatoms. The summed E-state index contributed by atoms with van der Waals surface area (Å²) in [7, 11) is 0. The van der Waals surface area contributed by atoms with Gasteiger partial charge in [-0.15, -0.1) is 0 Å². The first kappa shape index (κ1) is 15.8. The van der Waals surface area contributed by atoms with Gasteiger partial charge in [0.25, 0.3) is 0 Å². The van der Waals surface area contributed by atoms with E-state index >= 15 is 0 Å². The standard InChI is InChI=1S/C25H25N/c1-19-11-12-24-22(15-19)16-21-9-5-6-10-23(21)25(24)13-14-26(18-25)17-20-7-3-2-4-8-20/h2-12,15H,13-14,16-18H2,1H3. The van der Waals surface area contributed by atoms with Gasteiger partial charge in [-0.2, -0.15) is 0 Å². The predicted octanol–water partition coefficient (Wildman–Crippen LogP) is 5.09. The van der Waals surface area contributed by atoms with Crippen molar-refractivity contribution in [2.24, 2.45) is 0 Å². The molecule has 3 aromatic carbocycles. The van der Waals surface area contributed by atoms with Gasteiger partial charge in [-0.05, 0) is 54.1 Å². The van der Waals surface area contributed by atoms with E-state index in [1.807, 2.05) is 0 Å². The molecule has 0 radical (unpaired) electrons. The molecule has 1 aliphatic carbocycles. The van der Waals surface area contributed by atoms with Gasteiger partial charge in [0.15, 0.2) is 0 Å². The van der Waals surface area contributed by atoms with E-state index in [2.05, 4.69) is 84.6 Å². The lowest BCUT2D eigenvalue weighted by atomic mass is 9.66. The van der Waals surface area contributed by atoms with Crippen LogP contribution >= 0.6 is 0 Å². The van der Waals surface area contributed by atoms with E-state index in [1.54, 1.807) is 11.1 Å². The molecule has 0 aromatic heterocycles. The average Bonchev–Trinajstić information content (AvgIpc) is 3.07. The van der Waals surface area contributed by atoms with E-state index in [9.17, 15) is 0 Å². The maximum Gasteiger partial charge on any atom is 0.0347 e. The molecule has 3 aromatic rings. The van der Waals surface area contributed by atoms with Crippen LogP contribution in [0.4, 0.5) is 0 Å². The largest absolute Gasteiger partial charge is 0.298 e. The summed E-state index contributed by atoms with van der Waals surface area (Å²) >= 11 is 0. The molecule has 1 spiro atoms. The average molecular weight is 339 g/mol. The number of benzene rings is 3. The molecule has 1 saturated heterocycles. The van der Waals surface area contributed by atoms with Crippen molar-refractivity contribution in [2.45, 2.75) is 31.7 Å². The lowest BCUT2D eigenvalue weighted by Crippen LogP contribution is -2.36. The van der Waals surface area contributed by atoms with Crippen molar-refractivity contribution in [3.63, 3.8) is 0 Å². The van der Waals surface area contributed by atoms with Crippen LogP contribution < -0.4 is 0 Å². The minimum Gasteiger partial charge on any atom is -0.298 e. The van der Waals surface area contributed by atoms with Gasteiger partial charge >= 0.3 is 0 Å². The van der Waals surface area contributed by atoms with E-state index in [0.29, 0.717) is 0 Å². The van der Waals surface area contributed by atoms with Crippen molar-refractivity contribution < 1.29 is 0 Å². The maximum absolute atomic E-state index is 2.64. The molecule has 1 nitrogen and oxygen atoms in total. The van der Waals surface area contributed by atoms with Crippen molar-refractivity contribution in [3.8, 4) is 0 Å². The molecule has 0 saturated carbocycles. The monoisotopic (exact) mass is 339 g/mol. The summed E-state index contributed by atoms with van der Waals surface area (Å²) in [6.45, 7) is 5.54. The van der Waals surface area contributed by atoms with E-state index in [4.69, 9.17) is 0 Å². The summed E-state index contributed by atoms with van der Waals surface area (Å²) in [5, 5.41) is 0. The SMILES string of the molecule is Cc1ccc2c(c1)Cc1ccccc1C21CCN(Cc2ccccc2)C1. The molecule has 1 fully saturated rings. The summed E-state index contributed by atoms with van der Waals surface area (Å²) in [5.74, 6) is 0. The third-order valence-electron chi connectivity index (χ3n) is 6.29. The quantitative estimate of drug-likeness (QED) is 0.628. The highest BCUT2D eigenvalue weighted by Gasteiger charge is 2.45. The Morgan fingerprint density at radius 3 is 2.50 bits per heavy atom. The molecule has 1 atom stereocenters. The smallest absolute Gasteiger partial charge is 0.0347 e. The summed E-state index contributed by atoms with van der Waals surface area (Å²) in [6.07, 6.45) is 2.29. The van der Waals surface area contributed by atoms with Gasteiger partial charge in [0.1, 0.15) is 0 Å². The number of likely N-dealkylation sites (tertiary alicyclic amines) is 1. The molecule has 0 N–H and O–H groups in total. The molecular formula is C25H25N. The Morgan fingerprint density at radius 1 is 0.846 bits per heavy atom. The van der Waals surface area contributed by atoms with Gasteiger partial charge < -0.3 is 0 Å². The Balaban J connectivity index is 1.56. The molecule has 2 aliphatic rings. The maximum atomic E-state index is 2.64. The fourth-order valence-corrected chi connectivity index (χ4v) is 5.13. The van der Waals surface area contributed by atoms with Crippen LogP contribution in [-0.2, 0) is 18.4 Å². The Bertz CT molecular complexity index is 943. The van der Waals surface area contributed by atoms with Crippen LogP contribution in [0, 0.1) is 6.92 Å². The van der Waals surface area contributed by atoms with E-state index in [1.165, 1.54) is 28.7 Å². The highest BCUT2D eigenvalue weighted by Crippen LogP contribution is 2.47. The lowest BCUT2D eigenvalue weighted by Gasteiger charge is -2.38. The molecule has 26 heavy (non-hydrogen) atoms. The second-order valence-electron chi connectivity index (χ2n) is 8.02. The fourth-order valence-electron chi connectivity index (χ4n) is 5.13. The van der Waals surface area contributed by atoms with Gasteiger partial charge in [-0.1, -0.05) is 78.4 Å². The Kier molecular flexibility index (Phi) is 3.72. The third-order valence-corrected chi connectivity index (χ3v) is 6.29. The number of aryl methyl sites for hydroxylation is 1. The lowest BCUT2D eigenvalue weighted by molar-refractivity contribution is 0.313. The molecule has 130 valence electrons. The topological polar surface area (TPSA) is 3.24 Å². The molecule has 1 heterocycles.